The van der Waals surface area contributed by atoms with Crippen molar-refractivity contribution in [2.75, 3.05) is 13.2 Å². The van der Waals surface area contributed by atoms with Crippen LogP contribution in [-0.2, 0) is 4.74 Å². The molecule has 1 atom stereocenters. The minimum atomic E-state index is -0.0933. The van der Waals surface area contributed by atoms with Crippen LogP contribution in [0.2, 0.25) is 0 Å². The second-order valence-electron chi connectivity index (χ2n) is 3.29. The van der Waals surface area contributed by atoms with Gasteiger partial charge in [-0.3, -0.25) is 0 Å². The minimum Gasteiger partial charge on any atom is -0.371 e. The van der Waals surface area contributed by atoms with E-state index in [0.29, 0.717) is 6.54 Å². The average molecular weight is 167 g/mol. The third-order valence-electron chi connectivity index (χ3n) is 2.00. The van der Waals surface area contributed by atoms with E-state index in [1.54, 1.807) is 0 Å². The molecule has 0 aromatic heterocycles. The van der Waals surface area contributed by atoms with Crippen molar-refractivity contribution in [2.24, 2.45) is 5.73 Å². The molecule has 0 amide bonds. The maximum atomic E-state index is 5.69. The SMILES string of the molecule is CC1(OCCCN)C=CC=CC1. The van der Waals surface area contributed by atoms with Crippen molar-refractivity contribution in [2.45, 2.75) is 25.4 Å². The van der Waals surface area contributed by atoms with Crippen LogP contribution in [0.15, 0.2) is 24.3 Å². The normalized spacial score (nSPS) is 27.8. The molecule has 1 aliphatic carbocycles. The fourth-order valence-corrected chi connectivity index (χ4v) is 1.20. The van der Waals surface area contributed by atoms with Crippen LogP contribution in [-0.4, -0.2) is 18.8 Å². The third-order valence-corrected chi connectivity index (χ3v) is 2.00. The molecule has 0 aromatic carbocycles. The van der Waals surface area contributed by atoms with Crippen molar-refractivity contribution in [3.63, 3.8) is 0 Å². The highest BCUT2D eigenvalue weighted by Crippen LogP contribution is 2.21. The largest absolute Gasteiger partial charge is 0.371 e. The highest BCUT2D eigenvalue weighted by Gasteiger charge is 2.20. The molecular formula is C10H17NO. The van der Waals surface area contributed by atoms with Gasteiger partial charge in [-0.15, -0.1) is 0 Å². The van der Waals surface area contributed by atoms with Crippen molar-refractivity contribution in [1.29, 1.82) is 0 Å². The van der Waals surface area contributed by atoms with E-state index < -0.39 is 0 Å². The first-order valence-electron chi connectivity index (χ1n) is 4.45. The predicted molar refractivity (Wildman–Crippen MR) is 50.9 cm³/mol. The van der Waals surface area contributed by atoms with Crippen molar-refractivity contribution in [1.82, 2.24) is 0 Å². The van der Waals surface area contributed by atoms with Crippen molar-refractivity contribution in [3.05, 3.63) is 24.3 Å². The lowest BCUT2D eigenvalue weighted by molar-refractivity contribution is 0.00662. The molecule has 12 heavy (non-hydrogen) atoms. The molecule has 0 aliphatic heterocycles. The van der Waals surface area contributed by atoms with Crippen LogP contribution >= 0.6 is 0 Å². The summed E-state index contributed by atoms with van der Waals surface area (Å²) in [5.74, 6) is 0. The first-order valence-corrected chi connectivity index (χ1v) is 4.45. The van der Waals surface area contributed by atoms with E-state index in [0.717, 1.165) is 19.4 Å². The average Bonchev–Trinajstić information content (AvgIpc) is 2.06. The van der Waals surface area contributed by atoms with Crippen LogP contribution in [0.25, 0.3) is 0 Å². The van der Waals surface area contributed by atoms with Crippen molar-refractivity contribution < 1.29 is 4.74 Å². The first kappa shape index (κ1) is 9.49. The zero-order valence-electron chi connectivity index (χ0n) is 7.62. The molecule has 0 saturated carbocycles. The van der Waals surface area contributed by atoms with Gasteiger partial charge in [0, 0.05) is 6.61 Å². The van der Waals surface area contributed by atoms with E-state index in [9.17, 15) is 0 Å². The molecular weight excluding hydrogens is 150 g/mol. The zero-order chi connectivity index (χ0) is 8.86. The van der Waals surface area contributed by atoms with E-state index in [1.165, 1.54) is 0 Å². The van der Waals surface area contributed by atoms with Gasteiger partial charge in [0.25, 0.3) is 0 Å². The van der Waals surface area contributed by atoms with Crippen LogP contribution in [0.3, 0.4) is 0 Å². The molecule has 2 N–H and O–H groups in total. The Morgan fingerprint density at radius 1 is 1.50 bits per heavy atom. The van der Waals surface area contributed by atoms with Crippen LogP contribution in [0.4, 0.5) is 0 Å². The summed E-state index contributed by atoms with van der Waals surface area (Å²) < 4.78 is 5.69. The Hall–Kier alpha value is -0.600. The molecule has 1 unspecified atom stereocenters. The lowest BCUT2D eigenvalue weighted by Gasteiger charge is -2.26. The van der Waals surface area contributed by atoms with Crippen LogP contribution in [0.1, 0.15) is 19.8 Å². The van der Waals surface area contributed by atoms with E-state index in [4.69, 9.17) is 10.5 Å². The molecule has 1 rings (SSSR count). The molecule has 0 radical (unpaired) electrons. The zero-order valence-corrected chi connectivity index (χ0v) is 7.62. The Labute approximate surface area is 74.1 Å². The molecule has 0 heterocycles. The van der Waals surface area contributed by atoms with Crippen LogP contribution in [0, 0.1) is 0 Å². The van der Waals surface area contributed by atoms with Gasteiger partial charge in [-0.25, -0.2) is 0 Å². The molecule has 0 spiro atoms. The molecule has 68 valence electrons. The third kappa shape index (κ3) is 2.80. The van der Waals surface area contributed by atoms with Gasteiger partial charge < -0.3 is 10.5 Å². The van der Waals surface area contributed by atoms with Crippen molar-refractivity contribution in [3.8, 4) is 0 Å². The van der Waals surface area contributed by atoms with E-state index in [1.807, 2.05) is 12.2 Å². The number of ether oxygens (including phenoxy) is 1. The fraction of sp³-hybridized carbons (Fsp3) is 0.600. The lowest BCUT2D eigenvalue weighted by Crippen LogP contribution is -2.27. The van der Waals surface area contributed by atoms with Gasteiger partial charge in [-0.1, -0.05) is 24.3 Å². The highest BCUT2D eigenvalue weighted by atomic mass is 16.5. The Morgan fingerprint density at radius 3 is 2.92 bits per heavy atom. The van der Waals surface area contributed by atoms with Gasteiger partial charge in [0.15, 0.2) is 0 Å². The Kier molecular flexibility index (Phi) is 3.50. The summed E-state index contributed by atoms with van der Waals surface area (Å²) in [7, 11) is 0. The smallest absolute Gasteiger partial charge is 0.0871 e. The number of nitrogens with two attached hydrogens (primary N) is 1. The summed E-state index contributed by atoms with van der Waals surface area (Å²) in [5, 5.41) is 0. The number of rotatable bonds is 4. The van der Waals surface area contributed by atoms with Gasteiger partial charge in [0.05, 0.1) is 5.60 Å². The van der Waals surface area contributed by atoms with E-state index in [2.05, 4.69) is 19.1 Å². The van der Waals surface area contributed by atoms with Gasteiger partial charge in [0.1, 0.15) is 0 Å². The molecule has 0 fully saturated rings. The van der Waals surface area contributed by atoms with Crippen molar-refractivity contribution >= 4 is 0 Å². The molecule has 1 aliphatic rings. The van der Waals surface area contributed by atoms with Gasteiger partial charge in [0.2, 0.25) is 0 Å². The maximum Gasteiger partial charge on any atom is 0.0871 e. The van der Waals surface area contributed by atoms with Crippen LogP contribution in [0.5, 0.6) is 0 Å². The van der Waals surface area contributed by atoms with Gasteiger partial charge in [-0.2, -0.15) is 0 Å². The van der Waals surface area contributed by atoms with Gasteiger partial charge in [-0.05, 0) is 26.3 Å². The molecule has 2 heteroatoms. The fourth-order valence-electron chi connectivity index (χ4n) is 1.20. The highest BCUT2D eigenvalue weighted by molar-refractivity contribution is 5.17. The second-order valence-corrected chi connectivity index (χ2v) is 3.29. The Balaban J connectivity index is 2.29. The standard InChI is InChI=1S/C10H17NO/c1-10(12-9-5-8-11)6-3-2-4-7-10/h2-4,6H,5,7-9,11H2,1H3. The quantitative estimate of drug-likeness (QED) is 0.646. The molecule has 0 aromatic rings. The number of hydrogen-bond acceptors (Lipinski definition) is 2. The first-order chi connectivity index (χ1) is 5.77. The monoisotopic (exact) mass is 167 g/mol. The summed E-state index contributed by atoms with van der Waals surface area (Å²) in [4.78, 5) is 0. The second kappa shape index (κ2) is 4.43. The summed E-state index contributed by atoms with van der Waals surface area (Å²) in [6.07, 6.45) is 10.2. The lowest BCUT2D eigenvalue weighted by atomic mass is 9.98. The summed E-state index contributed by atoms with van der Waals surface area (Å²) >= 11 is 0. The number of hydrogen-bond donors (Lipinski definition) is 1. The maximum absolute atomic E-state index is 5.69. The number of allylic oxidation sites excluding steroid dienone is 2. The van der Waals surface area contributed by atoms with E-state index >= 15 is 0 Å². The summed E-state index contributed by atoms with van der Waals surface area (Å²) in [6, 6.07) is 0. The predicted octanol–water partition coefficient (Wildman–Crippen LogP) is 1.63. The summed E-state index contributed by atoms with van der Waals surface area (Å²) in [6.45, 7) is 3.56. The Bertz CT molecular complexity index is 186. The van der Waals surface area contributed by atoms with Gasteiger partial charge >= 0.3 is 0 Å². The minimum absolute atomic E-state index is 0.0933. The molecule has 2 nitrogen and oxygen atoms in total. The molecule has 0 bridgehead atoms. The topological polar surface area (TPSA) is 35.2 Å². The molecule has 0 saturated heterocycles. The van der Waals surface area contributed by atoms with E-state index in [-0.39, 0.29) is 5.60 Å². The van der Waals surface area contributed by atoms with Crippen LogP contribution < -0.4 is 5.73 Å². The summed E-state index contributed by atoms with van der Waals surface area (Å²) in [5.41, 5.74) is 5.28. The Morgan fingerprint density at radius 2 is 2.33 bits per heavy atom.